The number of fused-ring (bicyclic) bond motifs is 1. The van der Waals surface area contributed by atoms with Crippen LogP contribution in [-0.4, -0.2) is 36.2 Å². The summed E-state index contributed by atoms with van der Waals surface area (Å²) in [4.78, 5) is 14.0. The van der Waals surface area contributed by atoms with Gasteiger partial charge in [-0.15, -0.1) is 0 Å². The summed E-state index contributed by atoms with van der Waals surface area (Å²) < 4.78 is 5.21. The molecular weight excluding hydrogens is 264 g/mol. The van der Waals surface area contributed by atoms with E-state index >= 15 is 0 Å². The molecule has 0 radical (unpaired) electrons. The lowest BCUT2D eigenvalue weighted by Gasteiger charge is -2.28. The predicted octanol–water partition coefficient (Wildman–Crippen LogP) is 2.96. The highest BCUT2D eigenvalue weighted by atomic mass is 16.6. The quantitative estimate of drug-likeness (QED) is 0.867. The fraction of sp³-hybridized carbons (Fsp3) is 0.588. The average Bonchev–Trinajstić information content (AvgIpc) is 2.41. The van der Waals surface area contributed by atoms with Crippen LogP contribution < -0.4 is 5.32 Å². The maximum Gasteiger partial charge on any atom is 0.407 e. The molecule has 0 bridgehead atoms. The highest BCUT2D eigenvalue weighted by Gasteiger charge is 2.17. The number of ether oxygens (including phenoxy) is 1. The van der Waals surface area contributed by atoms with Gasteiger partial charge in [0.25, 0.3) is 0 Å². The summed E-state index contributed by atoms with van der Waals surface area (Å²) in [5.41, 5.74) is 2.48. The van der Waals surface area contributed by atoms with Gasteiger partial charge in [-0.1, -0.05) is 24.3 Å². The second-order valence-electron chi connectivity index (χ2n) is 6.58. The number of rotatable bonds is 4. The number of alkyl carbamates (subject to hydrolysis) is 1. The molecule has 0 aliphatic carbocycles. The fourth-order valence-electron chi connectivity index (χ4n) is 2.55. The third-order valence-corrected chi connectivity index (χ3v) is 3.53. The van der Waals surface area contributed by atoms with Gasteiger partial charge in [0, 0.05) is 26.2 Å². The lowest BCUT2D eigenvalue weighted by molar-refractivity contribution is 0.0525. The Morgan fingerprint density at radius 3 is 2.71 bits per heavy atom. The third-order valence-electron chi connectivity index (χ3n) is 3.53. The largest absolute Gasteiger partial charge is 0.444 e. The van der Waals surface area contributed by atoms with Crippen LogP contribution in [0.5, 0.6) is 0 Å². The van der Waals surface area contributed by atoms with Crippen LogP contribution in [0.15, 0.2) is 24.3 Å². The van der Waals surface area contributed by atoms with E-state index in [1.807, 2.05) is 20.8 Å². The van der Waals surface area contributed by atoms with Gasteiger partial charge in [0.05, 0.1) is 0 Å². The van der Waals surface area contributed by atoms with E-state index in [-0.39, 0.29) is 6.09 Å². The van der Waals surface area contributed by atoms with Gasteiger partial charge in [-0.25, -0.2) is 4.79 Å². The first kappa shape index (κ1) is 15.8. The van der Waals surface area contributed by atoms with Crippen molar-refractivity contribution in [2.24, 2.45) is 0 Å². The van der Waals surface area contributed by atoms with Gasteiger partial charge in [-0.2, -0.15) is 0 Å². The SMILES string of the molecule is CC(C)(C)OC(=O)NCCCN1CCc2ccccc2C1. The zero-order valence-electron chi connectivity index (χ0n) is 13.3. The molecule has 0 fully saturated rings. The lowest BCUT2D eigenvalue weighted by atomic mass is 10.00. The summed E-state index contributed by atoms with van der Waals surface area (Å²) in [5, 5.41) is 2.81. The van der Waals surface area contributed by atoms with Gasteiger partial charge < -0.3 is 10.1 Å². The Morgan fingerprint density at radius 2 is 2.00 bits per heavy atom. The number of carbonyl (C=O) groups excluding carboxylic acids is 1. The second-order valence-corrected chi connectivity index (χ2v) is 6.58. The van der Waals surface area contributed by atoms with Gasteiger partial charge in [-0.05, 0) is 44.7 Å². The Labute approximate surface area is 127 Å². The summed E-state index contributed by atoms with van der Waals surface area (Å²) in [6.45, 7) is 9.40. The Morgan fingerprint density at radius 1 is 1.29 bits per heavy atom. The van der Waals surface area contributed by atoms with Crippen LogP contribution in [0, 0.1) is 0 Å². The predicted molar refractivity (Wildman–Crippen MR) is 84.3 cm³/mol. The molecule has 1 aromatic carbocycles. The van der Waals surface area contributed by atoms with Crippen LogP contribution in [0.1, 0.15) is 38.3 Å². The smallest absolute Gasteiger partial charge is 0.407 e. The van der Waals surface area contributed by atoms with E-state index in [4.69, 9.17) is 4.74 Å². The zero-order valence-corrected chi connectivity index (χ0v) is 13.3. The van der Waals surface area contributed by atoms with E-state index in [1.165, 1.54) is 11.1 Å². The van der Waals surface area contributed by atoms with Crippen LogP contribution in [0.3, 0.4) is 0 Å². The van der Waals surface area contributed by atoms with Gasteiger partial charge >= 0.3 is 6.09 Å². The first-order valence-electron chi connectivity index (χ1n) is 7.70. The summed E-state index contributed by atoms with van der Waals surface area (Å²) in [6, 6.07) is 8.64. The minimum absolute atomic E-state index is 0.327. The van der Waals surface area contributed by atoms with E-state index in [0.29, 0.717) is 6.54 Å². The molecule has 21 heavy (non-hydrogen) atoms. The number of nitrogens with one attached hydrogen (secondary N) is 1. The Balaban J connectivity index is 1.65. The first-order chi connectivity index (χ1) is 9.94. The van der Waals surface area contributed by atoms with Crippen molar-refractivity contribution in [1.29, 1.82) is 0 Å². The van der Waals surface area contributed by atoms with Crippen LogP contribution in [0.2, 0.25) is 0 Å². The molecule has 1 amide bonds. The highest BCUT2D eigenvalue weighted by Crippen LogP contribution is 2.18. The molecule has 1 aliphatic rings. The lowest BCUT2D eigenvalue weighted by Crippen LogP contribution is -2.35. The van der Waals surface area contributed by atoms with Crippen LogP contribution in [-0.2, 0) is 17.7 Å². The molecule has 0 spiro atoms. The number of carbonyl (C=O) groups is 1. The molecule has 116 valence electrons. The Hall–Kier alpha value is -1.55. The van der Waals surface area contributed by atoms with E-state index in [0.717, 1.165) is 32.5 Å². The van der Waals surface area contributed by atoms with Crippen molar-refractivity contribution < 1.29 is 9.53 Å². The maximum atomic E-state index is 11.5. The minimum atomic E-state index is -0.430. The maximum absolute atomic E-state index is 11.5. The number of hydrogen-bond acceptors (Lipinski definition) is 3. The number of hydrogen-bond donors (Lipinski definition) is 1. The van der Waals surface area contributed by atoms with Crippen molar-refractivity contribution in [2.75, 3.05) is 19.6 Å². The van der Waals surface area contributed by atoms with Crippen molar-refractivity contribution in [2.45, 2.75) is 45.8 Å². The van der Waals surface area contributed by atoms with Gasteiger partial charge in [0.1, 0.15) is 5.60 Å². The molecule has 0 aromatic heterocycles. The van der Waals surface area contributed by atoms with Crippen molar-refractivity contribution >= 4 is 6.09 Å². The molecule has 0 saturated heterocycles. The molecule has 0 atom stereocenters. The molecule has 1 aromatic rings. The van der Waals surface area contributed by atoms with Gasteiger partial charge in [-0.3, -0.25) is 4.90 Å². The van der Waals surface area contributed by atoms with Crippen LogP contribution >= 0.6 is 0 Å². The standard InChI is InChI=1S/C17H26N2O2/c1-17(2,3)21-16(20)18-10-6-11-19-12-9-14-7-4-5-8-15(14)13-19/h4-5,7-8H,6,9-13H2,1-3H3,(H,18,20). The molecule has 4 nitrogen and oxygen atoms in total. The number of amides is 1. The molecule has 1 N–H and O–H groups in total. The first-order valence-corrected chi connectivity index (χ1v) is 7.70. The topological polar surface area (TPSA) is 41.6 Å². The molecule has 4 heteroatoms. The second kappa shape index (κ2) is 6.94. The normalized spacial score (nSPS) is 15.4. The summed E-state index contributed by atoms with van der Waals surface area (Å²) in [5.74, 6) is 0. The van der Waals surface area contributed by atoms with Crippen LogP contribution in [0.25, 0.3) is 0 Å². The fourth-order valence-corrected chi connectivity index (χ4v) is 2.55. The zero-order chi connectivity index (χ0) is 15.3. The van der Waals surface area contributed by atoms with Gasteiger partial charge in [0.15, 0.2) is 0 Å². The Kier molecular flexibility index (Phi) is 5.23. The third kappa shape index (κ3) is 5.38. The van der Waals surface area contributed by atoms with Crippen LogP contribution in [0.4, 0.5) is 4.79 Å². The number of benzene rings is 1. The summed E-state index contributed by atoms with van der Waals surface area (Å²) >= 11 is 0. The van der Waals surface area contributed by atoms with E-state index in [9.17, 15) is 4.79 Å². The van der Waals surface area contributed by atoms with Crippen molar-refractivity contribution in [3.05, 3.63) is 35.4 Å². The average molecular weight is 290 g/mol. The molecule has 1 heterocycles. The minimum Gasteiger partial charge on any atom is -0.444 e. The molecule has 0 saturated carbocycles. The molecule has 2 rings (SSSR count). The monoisotopic (exact) mass is 290 g/mol. The number of nitrogens with zero attached hydrogens (tertiary/aromatic N) is 1. The molecular formula is C17H26N2O2. The van der Waals surface area contributed by atoms with Crippen molar-refractivity contribution in [1.82, 2.24) is 10.2 Å². The molecule has 1 aliphatic heterocycles. The molecule has 0 unspecified atom stereocenters. The summed E-state index contributed by atoms with van der Waals surface area (Å²) in [7, 11) is 0. The summed E-state index contributed by atoms with van der Waals surface area (Å²) in [6.07, 6.45) is 1.74. The van der Waals surface area contributed by atoms with Crippen molar-refractivity contribution in [3.63, 3.8) is 0 Å². The Bertz CT molecular complexity index is 480. The van der Waals surface area contributed by atoms with E-state index in [2.05, 4.69) is 34.5 Å². The van der Waals surface area contributed by atoms with Gasteiger partial charge in [0.2, 0.25) is 0 Å². The highest BCUT2D eigenvalue weighted by molar-refractivity contribution is 5.67. The van der Waals surface area contributed by atoms with Crippen molar-refractivity contribution in [3.8, 4) is 0 Å². The van der Waals surface area contributed by atoms with E-state index < -0.39 is 5.60 Å². The van der Waals surface area contributed by atoms with E-state index in [1.54, 1.807) is 0 Å².